The molecule has 0 unspecified atom stereocenters. The van der Waals surface area contributed by atoms with Crippen LogP contribution in [-0.4, -0.2) is 67.6 Å². The lowest BCUT2D eigenvalue weighted by Crippen LogP contribution is -2.14. The quantitative estimate of drug-likeness (QED) is 0.184. The van der Waals surface area contributed by atoms with Gasteiger partial charge >= 0.3 is 5.69 Å². The molecule has 0 saturated heterocycles. The van der Waals surface area contributed by atoms with E-state index in [1.54, 1.807) is 0 Å². The molecule has 0 spiro atoms. The summed E-state index contributed by atoms with van der Waals surface area (Å²) in [5.41, 5.74) is -0.894. The lowest BCUT2D eigenvalue weighted by atomic mass is 10.2. The molecule has 0 fully saturated rings. The molecule has 0 radical (unpaired) electrons. The molecule has 0 N–H and O–H groups in total. The van der Waals surface area contributed by atoms with E-state index in [0.717, 1.165) is 12.1 Å². The molecule has 34 heavy (non-hydrogen) atoms. The second kappa shape index (κ2) is 14.3. The van der Waals surface area contributed by atoms with Crippen molar-refractivity contribution in [3.63, 3.8) is 0 Å². The van der Waals surface area contributed by atoms with Crippen LogP contribution in [0, 0.1) is 30.3 Å². The van der Waals surface area contributed by atoms with Crippen LogP contribution in [0.3, 0.4) is 0 Å². The fourth-order valence-electron chi connectivity index (χ4n) is 2.52. The second-order valence-corrected chi connectivity index (χ2v) is 6.45. The molecule has 2 rings (SSSR count). The van der Waals surface area contributed by atoms with E-state index in [4.69, 9.17) is 23.7 Å². The van der Waals surface area contributed by atoms with Gasteiger partial charge in [-0.15, -0.1) is 0 Å². The predicted octanol–water partition coefficient (Wildman–Crippen LogP) is 2.92. The summed E-state index contributed by atoms with van der Waals surface area (Å²) in [6, 6.07) is 8.89. The van der Waals surface area contributed by atoms with Crippen molar-refractivity contribution < 1.29 is 38.5 Å². The van der Waals surface area contributed by atoms with Crippen LogP contribution in [-0.2, 0) is 14.2 Å². The number of hydrogen-bond donors (Lipinski definition) is 0. The highest BCUT2D eigenvalue weighted by molar-refractivity contribution is 5.53. The zero-order chi connectivity index (χ0) is 24.8. The third-order valence-electron chi connectivity index (χ3n) is 4.12. The Balaban J connectivity index is 1.46. The van der Waals surface area contributed by atoms with Gasteiger partial charge < -0.3 is 23.7 Å². The summed E-state index contributed by atoms with van der Waals surface area (Å²) in [5.74, 6) is 0.430. The number of ether oxygens (including phenoxy) is 5. The molecule has 2 aromatic rings. The van der Waals surface area contributed by atoms with Crippen LogP contribution in [0.15, 0.2) is 42.5 Å². The van der Waals surface area contributed by atoms with Crippen molar-refractivity contribution >= 4 is 17.1 Å². The van der Waals surface area contributed by atoms with Crippen molar-refractivity contribution in [2.75, 3.05) is 52.9 Å². The first kappa shape index (κ1) is 26.4. The van der Waals surface area contributed by atoms with Crippen molar-refractivity contribution in [2.24, 2.45) is 0 Å². The third kappa shape index (κ3) is 9.32. The minimum Gasteiger partial charge on any atom is -0.491 e. The van der Waals surface area contributed by atoms with Gasteiger partial charge in [-0.2, -0.15) is 0 Å². The molecule has 0 amide bonds. The van der Waals surface area contributed by atoms with Crippen LogP contribution in [0.1, 0.15) is 0 Å². The van der Waals surface area contributed by atoms with Crippen molar-refractivity contribution in [1.82, 2.24) is 0 Å². The average molecular weight is 481 g/mol. The van der Waals surface area contributed by atoms with Gasteiger partial charge in [0.05, 0.1) is 60.5 Å². The van der Waals surface area contributed by atoms with Gasteiger partial charge in [0.2, 0.25) is 0 Å². The van der Waals surface area contributed by atoms with Crippen LogP contribution in [0.4, 0.5) is 17.1 Å². The Kier molecular flexibility index (Phi) is 11.1. The van der Waals surface area contributed by atoms with Crippen molar-refractivity contribution in [1.29, 1.82) is 0 Å². The number of hydrogen-bond acceptors (Lipinski definition) is 11. The normalized spacial score (nSPS) is 10.6. The van der Waals surface area contributed by atoms with E-state index in [1.807, 2.05) is 0 Å². The van der Waals surface area contributed by atoms with Crippen LogP contribution >= 0.6 is 0 Å². The highest BCUT2D eigenvalue weighted by Gasteiger charge is 2.20. The maximum Gasteiger partial charge on any atom is 0.317 e. The first-order chi connectivity index (χ1) is 16.4. The summed E-state index contributed by atoms with van der Waals surface area (Å²) in [4.78, 5) is 30.4. The maximum absolute atomic E-state index is 11.0. The number of nitrogens with zero attached hydrogens (tertiary/aromatic N) is 3. The van der Waals surface area contributed by atoms with Gasteiger partial charge in [-0.1, -0.05) is 0 Å². The minimum atomic E-state index is -0.749. The van der Waals surface area contributed by atoms with E-state index in [2.05, 4.69) is 0 Å². The van der Waals surface area contributed by atoms with E-state index < -0.39 is 26.1 Å². The van der Waals surface area contributed by atoms with E-state index in [9.17, 15) is 30.3 Å². The summed E-state index contributed by atoms with van der Waals surface area (Å²) < 4.78 is 26.7. The zero-order valence-corrected chi connectivity index (χ0v) is 18.0. The van der Waals surface area contributed by atoms with Gasteiger partial charge in [-0.25, -0.2) is 0 Å². The molecule has 2 aromatic carbocycles. The molecule has 0 aliphatic heterocycles. The Hall–Kier alpha value is -3.88. The Morgan fingerprint density at radius 1 is 0.559 bits per heavy atom. The fourth-order valence-corrected chi connectivity index (χ4v) is 2.52. The number of nitro benzene ring substituents is 3. The molecule has 0 aromatic heterocycles. The molecule has 0 aliphatic carbocycles. The van der Waals surface area contributed by atoms with Crippen molar-refractivity contribution in [2.45, 2.75) is 0 Å². The molecule has 0 aliphatic rings. The second-order valence-electron chi connectivity index (χ2n) is 6.45. The van der Waals surface area contributed by atoms with E-state index >= 15 is 0 Å². The molecule has 184 valence electrons. The van der Waals surface area contributed by atoms with Crippen LogP contribution in [0.25, 0.3) is 0 Å². The van der Waals surface area contributed by atoms with E-state index in [0.29, 0.717) is 32.2 Å². The monoisotopic (exact) mass is 481 g/mol. The average Bonchev–Trinajstić information content (AvgIpc) is 2.82. The highest BCUT2D eigenvalue weighted by atomic mass is 16.6. The summed E-state index contributed by atoms with van der Waals surface area (Å²) in [7, 11) is 0. The lowest BCUT2D eigenvalue weighted by Gasteiger charge is -2.09. The van der Waals surface area contributed by atoms with Crippen LogP contribution < -0.4 is 9.47 Å². The third-order valence-corrected chi connectivity index (χ3v) is 4.12. The van der Waals surface area contributed by atoms with Crippen LogP contribution in [0.5, 0.6) is 11.5 Å². The molecular formula is C20H23N3O11. The number of benzene rings is 2. The van der Waals surface area contributed by atoms with Gasteiger partial charge in [0.15, 0.2) is 5.75 Å². The maximum atomic E-state index is 11.0. The first-order valence-corrected chi connectivity index (χ1v) is 10.0. The standard InChI is InChI=1S/C20H23N3O11/c24-21(25)16-1-4-18(5-2-16)33-13-11-31-9-7-30-8-10-32-12-14-34-20-6-3-17(22(26)27)15-19(20)23(28)29/h1-6,15H,7-14H2. The molecule has 0 bridgehead atoms. The van der Waals surface area contributed by atoms with Gasteiger partial charge in [-0.05, 0) is 18.2 Å². The van der Waals surface area contributed by atoms with E-state index in [-0.39, 0.29) is 37.9 Å². The van der Waals surface area contributed by atoms with Gasteiger partial charge in [0, 0.05) is 18.2 Å². The number of nitro groups is 3. The minimum absolute atomic E-state index is 0.00859. The summed E-state index contributed by atoms with van der Waals surface area (Å²) >= 11 is 0. The Labute approximate surface area is 193 Å². The van der Waals surface area contributed by atoms with Gasteiger partial charge in [0.25, 0.3) is 11.4 Å². The first-order valence-electron chi connectivity index (χ1n) is 10.0. The molecule has 0 heterocycles. The smallest absolute Gasteiger partial charge is 0.317 e. The summed E-state index contributed by atoms with van der Waals surface area (Å²) in [6.07, 6.45) is 0. The molecule has 0 saturated carbocycles. The molecule has 0 atom stereocenters. The van der Waals surface area contributed by atoms with Crippen LogP contribution in [0.2, 0.25) is 0 Å². The molecule has 14 heteroatoms. The Bertz CT molecular complexity index is 953. The summed E-state index contributed by atoms with van der Waals surface area (Å²) in [6.45, 7) is 2.04. The highest BCUT2D eigenvalue weighted by Crippen LogP contribution is 2.30. The predicted molar refractivity (Wildman–Crippen MR) is 116 cm³/mol. The Morgan fingerprint density at radius 2 is 1.03 bits per heavy atom. The SMILES string of the molecule is O=[N+]([O-])c1ccc(OCCOCCOCCOCCOc2ccc([N+](=O)[O-])cc2[N+](=O)[O-])cc1. The lowest BCUT2D eigenvalue weighted by molar-refractivity contribution is -0.394. The topological polar surface area (TPSA) is 176 Å². The van der Waals surface area contributed by atoms with Gasteiger partial charge in [-0.3, -0.25) is 30.3 Å². The summed E-state index contributed by atoms with van der Waals surface area (Å²) in [5, 5.41) is 32.3. The molecule has 14 nitrogen and oxygen atoms in total. The number of non-ortho nitro benzene ring substituents is 2. The van der Waals surface area contributed by atoms with Crippen molar-refractivity contribution in [3.05, 3.63) is 72.8 Å². The van der Waals surface area contributed by atoms with Gasteiger partial charge in [0.1, 0.15) is 19.0 Å². The largest absolute Gasteiger partial charge is 0.491 e. The van der Waals surface area contributed by atoms with E-state index in [1.165, 1.54) is 30.3 Å². The molecular weight excluding hydrogens is 458 g/mol. The zero-order valence-electron chi connectivity index (χ0n) is 18.0. The number of rotatable bonds is 17. The fraction of sp³-hybridized carbons (Fsp3) is 0.400. The van der Waals surface area contributed by atoms with Crippen molar-refractivity contribution in [3.8, 4) is 11.5 Å². The Morgan fingerprint density at radius 3 is 1.53 bits per heavy atom.